The van der Waals surface area contributed by atoms with Gasteiger partial charge in [0.25, 0.3) is 0 Å². The van der Waals surface area contributed by atoms with Crippen molar-refractivity contribution in [3.8, 4) is 0 Å². The van der Waals surface area contributed by atoms with Crippen molar-refractivity contribution in [2.24, 2.45) is 5.73 Å². The highest BCUT2D eigenvalue weighted by molar-refractivity contribution is 5.85. The molecule has 1 aliphatic rings. The van der Waals surface area contributed by atoms with E-state index in [1.165, 1.54) is 31.6 Å². The van der Waals surface area contributed by atoms with Crippen LogP contribution >= 0.6 is 12.4 Å². The highest BCUT2D eigenvalue weighted by atomic mass is 35.5. The second kappa shape index (κ2) is 6.84. The standard InChI is InChI=1S/C13H20N2O.ClH/c14-13(7-10-16)11-3-5-12(6-4-11)15-8-1-2-9-15;/h3-6,13,16H,1-2,7-10,14H2;1H/t13-;/m1./s1. The molecule has 17 heavy (non-hydrogen) atoms. The second-order valence-corrected chi connectivity index (χ2v) is 4.40. The Labute approximate surface area is 109 Å². The van der Waals surface area contributed by atoms with E-state index in [-0.39, 0.29) is 25.1 Å². The van der Waals surface area contributed by atoms with E-state index < -0.39 is 0 Å². The summed E-state index contributed by atoms with van der Waals surface area (Å²) in [5.41, 5.74) is 8.33. The summed E-state index contributed by atoms with van der Waals surface area (Å²) < 4.78 is 0. The number of anilines is 1. The molecule has 0 aromatic heterocycles. The fourth-order valence-electron chi connectivity index (χ4n) is 2.21. The van der Waals surface area contributed by atoms with E-state index in [1.54, 1.807) is 0 Å². The van der Waals surface area contributed by atoms with E-state index in [0.29, 0.717) is 6.42 Å². The van der Waals surface area contributed by atoms with Gasteiger partial charge in [0.05, 0.1) is 0 Å². The molecule has 96 valence electrons. The molecule has 0 saturated carbocycles. The van der Waals surface area contributed by atoms with Crippen molar-refractivity contribution in [2.45, 2.75) is 25.3 Å². The molecule has 4 heteroatoms. The van der Waals surface area contributed by atoms with Gasteiger partial charge in [0.1, 0.15) is 0 Å². The van der Waals surface area contributed by atoms with Crippen LogP contribution < -0.4 is 10.6 Å². The van der Waals surface area contributed by atoms with Crippen molar-refractivity contribution < 1.29 is 5.11 Å². The number of nitrogens with zero attached hydrogens (tertiary/aromatic N) is 1. The van der Waals surface area contributed by atoms with Crippen LogP contribution in [-0.2, 0) is 0 Å². The minimum atomic E-state index is -0.0439. The monoisotopic (exact) mass is 256 g/mol. The lowest BCUT2D eigenvalue weighted by Gasteiger charge is -2.18. The van der Waals surface area contributed by atoms with Crippen molar-refractivity contribution >= 4 is 18.1 Å². The molecule has 0 radical (unpaired) electrons. The first kappa shape index (κ1) is 14.3. The predicted octanol–water partition coefficient (Wildman–Crippen LogP) is 2.09. The lowest BCUT2D eigenvalue weighted by atomic mass is 10.0. The molecule has 1 saturated heterocycles. The van der Waals surface area contributed by atoms with Gasteiger partial charge in [-0.1, -0.05) is 12.1 Å². The molecule has 1 aromatic carbocycles. The number of aliphatic hydroxyl groups excluding tert-OH is 1. The van der Waals surface area contributed by atoms with Crippen LogP contribution in [0.3, 0.4) is 0 Å². The molecule has 0 unspecified atom stereocenters. The number of halogens is 1. The largest absolute Gasteiger partial charge is 0.396 e. The Kier molecular flexibility index (Phi) is 5.75. The van der Waals surface area contributed by atoms with E-state index in [0.717, 1.165) is 5.56 Å². The SMILES string of the molecule is Cl.N[C@H](CCO)c1ccc(N2CCCC2)cc1. The summed E-state index contributed by atoms with van der Waals surface area (Å²) in [4.78, 5) is 2.40. The van der Waals surface area contributed by atoms with Gasteiger partial charge in [0, 0.05) is 31.4 Å². The third kappa shape index (κ3) is 3.60. The zero-order valence-electron chi connectivity index (χ0n) is 10.0. The van der Waals surface area contributed by atoms with Crippen molar-refractivity contribution in [1.29, 1.82) is 0 Å². The molecule has 0 amide bonds. The van der Waals surface area contributed by atoms with Gasteiger partial charge in [0.15, 0.2) is 0 Å². The van der Waals surface area contributed by atoms with Crippen LogP contribution in [0.1, 0.15) is 30.9 Å². The average Bonchev–Trinajstić information content (AvgIpc) is 2.83. The lowest BCUT2D eigenvalue weighted by molar-refractivity contribution is 0.276. The maximum absolute atomic E-state index is 8.84. The summed E-state index contributed by atoms with van der Waals surface area (Å²) in [5.74, 6) is 0. The van der Waals surface area contributed by atoms with E-state index >= 15 is 0 Å². The molecule has 1 fully saturated rings. The van der Waals surface area contributed by atoms with Crippen LogP contribution in [0.2, 0.25) is 0 Å². The molecule has 3 nitrogen and oxygen atoms in total. The average molecular weight is 257 g/mol. The van der Waals surface area contributed by atoms with Crippen LogP contribution in [0, 0.1) is 0 Å². The zero-order valence-corrected chi connectivity index (χ0v) is 10.8. The van der Waals surface area contributed by atoms with Gasteiger partial charge in [-0.2, -0.15) is 0 Å². The Morgan fingerprint density at radius 3 is 2.29 bits per heavy atom. The minimum Gasteiger partial charge on any atom is -0.396 e. The summed E-state index contributed by atoms with van der Waals surface area (Å²) in [7, 11) is 0. The summed E-state index contributed by atoms with van der Waals surface area (Å²) in [6, 6.07) is 8.38. The number of aliphatic hydroxyl groups is 1. The van der Waals surface area contributed by atoms with Crippen molar-refractivity contribution in [3.05, 3.63) is 29.8 Å². The number of hydrogen-bond acceptors (Lipinski definition) is 3. The number of rotatable bonds is 4. The normalized spacial score (nSPS) is 16.7. The Hall–Kier alpha value is -0.770. The summed E-state index contributed by atoms with van der Waals surface area (Å²) >= 11 is 0. The van der Waals surface area contributed by atoms with Gasteiger partial charge in [-0.25, -0.2) is 0 Å². The highest BCUT2D eigenvalue weighted by Gasteiger charge is 2.12. The highest BCUT2D eigenvalue weighted by Crippen LogP contribution is 2.22. The Morgan fingerprint density at radius 1 is 1.18 bits per heavy atom. The zero-order chi connectivity index (χ0) is 11.4. The van der Waals surface area contributed by atoms with Gasteiger partial charge in [-0.3, -0.25) is 0 Å². The maximum Gasteiger partial charge on any atom is 0.0449 e. The quantitative estimate of drug-likeness (QED) is 0.867. The Morgan fingerprint density at radius 2 is 1.76 bits per heavy atom. The molecule has 1 atom stereocenters. The minimum absolute atomic E-state index is 0. The van der Waals surface area contributed by atoms with Crippen LogP contribution in [0.25, 0.3) is 0 Å². The Bertz CT molecular complexity index is 323. The fraction of sp³-hybridized carbons (Fsp3) is 0.538. The molecule has 1 aliphatic heterocycles. The molecule has 0 spiro atoms. The van der Waals surface area contributed by atoms with Crippen LogP contribution in [0.4, 0.5) is 5.69 Å². The van der Waals surface area contributed by atoms with Crippen molar-refractivity contribution in [2.75, 3.05) is 24.6 Å². The molecule has 2 rings (SSSR count). The van der Waals surface area contributed by atoms with Crippen molar-refractivity contribution in [3.63, 3.8) is 0 Å². The summed E-state index contributed by atoms with van der Waals surface area (Å²) in [6.45, 7) is 2.49. The molecule has 0 bridgehead atoms. The van der Waals surface area contributed by atoms with Gasteiger partial charge < -0.3 is 15.7 Å². The number of nitrogens with two attached hydrogens (primary N) is 1. The molecule has 1 heterocycles. The van der Waals surface area contributed by atoms with Crippen molar-refractivity contribution in [1.82, 2.24) is 0 Å². The molecular formula is C13H21ClN2O. The first-order valence-corrected chi connectivity index (χ1v) is 6.02. The molecule has 0 aliphatic carbocycles. The van der Waals surface area contributed by atoms with E-state index in [1.807, 2.05) is 0 Å². The topological polar surface area (TPSA) is 49.5 Å². The lowest BCUT2D eigenvalue weighted by Crippen LogP contribution is -2.18. The smallest absolute Gasteiger partial charge is 0.0449 e. The third-order valence-electron chi connectivity index (χ3n) is 3.23. The molecule has 3 N–H and O–H groups in total. The predicted molar refractivity (Wildman–Crippen MR) is 73.8 cm³/mol. The van der Waals surface area contributed by atoms with E-state index in [9.17, 15) is 0 Å². The first-order valence-electron chi connectivity index (χ1n) is 6.02. The number of hydrogen-bond donors (Lipinski definition) is 2. The third-order valence-corrected chi connectivity index (χ3v) is 3.23. The first-order chi connectivity index (χ1) is 7.81. The summed E-state index contributed by atoms with van der Waals surface area (Å²) in [5, 5.41) is 8.84. The summed E-state index contributed by atoms with van der Waals surface area (Å²) in [6.07, 6.45) is 3.22. The van der Waals surface area contributed by atoms with Gasteiger partial charge in [0.2, 0.25) is 0 Å². The van der Waals surface area contributed by atoms with Gasteiger partial charge in [-0.15, -0.1) is 12.4 Å². The second-order valence-electron chi connectivity index (χ2n) is 4.40. The van der Waals surface area contributed by atoms with E-state index in [4.69, 9.17) is 10.8 Å². The fourth-order valence-corrected chi connectivity index (χ4v) is 2.21. The molecule has 1 aromatic rings. The molecular weight excluding hydrogens is 236 g/mol. The van der Waals surface area contributed by atoms with Gasteiger partial charge in [-0.05, 0) is 37.0 Å². The van der Waals surface area contributed by atoms with Crippen LogP contribution in [0.5, 0.6) is 0 Å². The van der Waals surface area contributed by atoms with Crippen LogP contribution in [-0.4, -0.2) is 24.8 Å². The van der Waals surface area contributed by atoms with E-state index in [2.05, 4.69) is 29.2 Å². The maximum atomic E-state index is 8.84. The van der Waals surface area contributed by atoms with Gasteiger partial charge >= 0.3 is 0 Å². The van der Waals surface area contributed by atoms with Crippen LogP contribution in [0.15, 0.2) is 24.3 Å². The Balaban J connectivity index is 0.00000144. The number of benzene rings is 1.